The molecular formula is C11H8ClN3O2. The summed E-state index contributed by atoms with van der Waals surface area (Å²) < 4.78 is 6.51. The van der Waals surface area contributed by atoms with Crippen LogP contribution in [0.25, 0.3) is 22.0 Å². The van der Waals surface area contributed by atoms with Gasteiger partial charge in [0, 0.05) is 18.5 Å². The van der Waals surface area contributed by atoms with Crippen LogP contribution in [0.3, 0.4) is 0 Å². The summed E-state index contributed by atoms with van der Waals surface area (Å²) in [6, 6.07) is 3.46. The average molecular weight is 250 g/mol. The molecule has 3 aromatic rings. The van der Waals surface area contributed by atoms with Gasteiger partial charge in [0.25, 0.3) is 0 Å². The number of rotatable bonds is 0. The second-order valence-corrected chi connectivity index (χ2v) is 4.18. The Kier molecular flexibility index (Phi) is 2.00. The van der Waals surface area contributed by atoms with E-state index in [2.05, 4.69) is 9.97 Å². The SMILES string of the molecule is Cc1nc(Cl)c2cc3c(cc2n1)oc(=O)n3C. The molecular weight excluding hydrogens is 242 g/mol. The van der Waals surface area contributed by atoms with Crippen molar-refractivity contribution in [2.24, 2.45) is 7.05 Å². The normalized spacial score (nSPS) is 11.5. The Labute approximate surface area is 101 Å². The summed E-state index contributed by atoms with van der Waals surface area (Å²) in [6.45, 7) is 1.76. The Morgan fingerprint density at radius 3 is 2.88 bits per heavy atom. The largest absolute Gasteiger partial charge is 0.419 e. The fourth-order valence-corrected chi connectivity index (χ4v) is 2.10. The Morgan fingerprint density at radius 2 is 2.12 bits per heavy atom. The summed E-state index contributed by atoms with van der Waals surface area (Å²) in [5.41, 5.74) is 1.85. The Morgan fingerprint density at radius 1 is 1.35 bits per heavy atom. The Hall–Kier alpha value is -1.88. The van der Waals surface area contributed by atoms with E-state index in [-0.39, 0.29) is 0 Å². The van der Waals surface area contributed by atoms with Crippen molar-refractivity contribution in [3.63, 3.8) is 0 Å². The molecule has 3 rings (SSSR count). The van der Waals surface area contributed by atoms with Gasteiger partial charge in [-0.15, -0.1) is 0 Å². The lowest BCUT2D eigenvalue weighted by Gasteiger charge is -2.01. The molecule has 0 fully saturated rings. The first-order valence-corrected chi connectivity index (χ1v) is 5.37. The number of hydrogen-bond acceptors (Lipinski definition) is 4. The highest BCUT2D eigenvalue weighted by molar-refractivity contribution is 6.34. The van der Waals surface area contributed by atoms with Crippen molar-refractivity contribution in [3.8, 4) is 0 Å². The third kappa shape index (κ3) is 1.43. The molecule has 2 heterocycles. The van der Waals surface area contributed by atoms with Crippen LogP contribution in [0.2, 0.25) is 5.15 Å². The molecule has 0 bridgehead atoms. The molecule has 6 heteroatoms. The lowest BCUT2D eigenvalue weighted by molar-refractivity contribution is 0.528. The monoisotopic (exact) mass is 249 g/mol. The fraction of sp³-hybridized carbons (Fsp3) is 0.182. The van der Waals surface area contributed by atoms with Gasteiger partial charge in [-0.2, -0.15) is 0 Å². The van der Waals surface area contributed by atoms with Crippen molar-refractivity contribution < 1.29 is 4.42 Å². The van der Waals surface area contributed by atoms with E-state index in [1.165, 1.54) is 4.57 Å². The highest BCUT2D eigenvalue weighted by atomic mass is 35.5. The van der Waals surface area contributed by atoms with Crippen molar-refractivity contribution in [2.75, 3.05) is 0 Å². The van der Waals surface area contributed by atoms with Crippen molar-refractivity contribution in [1.82, 2.24) is 14.5 Å². The number of benzene rings is 1. The quantitative estimate of drug-likeness (QED) is 0.572. The zero-order valence-corrected chi connectivity index (χ0v) is 9.95. The predicted octanol–water partition coefficient (Wildman–Crippen LogP) is 2.04. The molecule has 0 saturated carbocycles. The number of fused-ring (bicyclic) bond motifs is 2. The minimum atomic E-state index is -0.406. The molecule has 17 heavy (non-hydrogen) atoms. The number of aromatic nitrogens is 3. The molecule has 0 amide bonds. The van der Waals surface area contributed by atoms with Crippen molar-refractivity contribution in [3.05, 3.63) is 33.7 Å². The van der Waals surface area contributed by atoms with Crippen LogP contribution in [0.1, 0.15) is 5.82 Å². The fourth-order valence-electron chi connectivity index (χ4n) is 1.82. The summed E-state index contributed by atoms with van der Waals surface area (Å²) in [5, 5.41) is 1.09. The van der Waals surface area contributed by atoms with Gasteiger partial charge in [0.2, 0.25) is 0 Å². The van der Waals surface area contributed by atoms with Crippen molar-refractivity contribution >= 4 is 33.6 Å². The van der Waals surface area contributed by atoms with Gasteiger partial charge >= 0.3 is 5.76 Å². The Bertz CT molecular complexity index is 804. The van der Waals surface area contributed by atoms with E-state index >= 15 is 0 Å². The zero-order chi connectivity index (χ0) is 12.2. The second-order valence-electron chi connectivity index (χ2n) is 3.83. The van der Waals surface area contributed by atoms with E-state index in [0.717, 1.165) is 0 Å². The van der Waals surface area contributed by atoms with E-state index in [1.54, 1.807) is 26.1 Å². The van der Waals surface area contributed by atoms with Crippen LogP contribution in [0.5, 0.6) is 0 Å². The standard InChI is InChI=1S/C11H8ClN3O2/c1-5-13-7-4-9-8(15(2)11(16)17-9)3-6(7)10(12)14-5/h3-4H,1-2H3. The molecule has 5 nitrogen and oxygen atoms in total. The molecule has 2 aromatic heterocycles. The molecule has 86 valence electrons. The van der Waals surface area contributed by atoms with E-state index in [9.17, 15) is 4.79 Å². The predicted molar refractivity (Wildman–Crippen MR) is 64.3 cm³/mol. The second kappa shape index (κ2) is 3.30. The molecule has 0 aliphatic rings. The van der Waals surface area contributed by atoms with Gasteiger partial charge in [-0.1, -0.05) is 11.6 Å². The molecule has 0 aliphatic carbocycles. The summed E-state index contributed by atoms with van der Waals surface area (Å²) in [7, 11) is 1.64. The number of oxazole rings is 1. The Balaban J connectivity index is 2.56. The molecule has 0 unspecified atom stereocenters. The topological polar surface area (TPSA) is 60.9 Å². The third-order valence-electron chi connectivity index (χ3n) is 2.67. The van der Waals surface area contributed by atoms with Gasteiger partial charge in [0.1, 0.15) is 11.0 Å². The van der Waals surface area contributed by atoms with Gasteiger partial charge in [-0.05, 0) is 13.0 Å². The molecule has 0 saturated heterocycles. The molecule has 0 aliphatic heterocycles. The number of aryl methyl sites for hydroxylation is 2. The molecule has 0 spiro atoms. The first-order valence-electron chi connectivity index (χ1n) is 4.99. The van der Waals surface area contributed by atoms with Gasteiger partial charge in [0.05, 0.1) is 11.0 Å². The maximum atomic E-state index is 11.4. The van der Waals surface area contributed by atoms with E-state index in [0.29, 0.717) is 33.0 Å². The lowest BCUT2D eigenvalue weighted by atomic mass is 10.2. The highest BCUT2D eigenvalue weighted by Gasteiger charge is 2.11. The minimum Gasteiger partial charge on any atom is -0.408 e. The van der Waals surface area contributed by atoms with Crippen LogP contribution in [-0.2, 0) is 7.05 Å². The van der Waals surface area contributed by atoms with Crippen LogP contribution in [0.15, 0.2) is 21.3 Å². The summed E-state index contributed by atoms with van der Waals surface area (Å²) in [5.74, 6) is 0.177. The smallest absolute Gasteiger partial charge is 0.408 e. The van der Waals surface area contributed by atoms with Crippen molar-refractivity contribution in [2.45, 2.75) is 6.92 Å². The van der Waals surface area contributed by atoms with E-state index < -0.39 is 5.76 Å². The minimum absolute atomic E-state index is 0.378. The highest BCUT2D eigenvalue weighted by Crippen LogP contribution is 2.25. The van der Waals surface area contributed by atoms with E-state index in [1.807, 2.05) is 0 Å². The molecule has 0 N–H and O–H groups in total. The number of halogens is 1. The van der Waals surface area contributed by atoms with Gasteiger partial charge in [-0.25, -0.2) is 14.8 Å². The van der Waals surface area contributed by atoms with Crippen LogP contribution in [0.4, 0.5) is 0 Å². The van der Waals surface area contributed by atoms with Gasteiger partial charge in [0.15, 0.2) is 5.58 Å². The molecule has 1 aromatic carbocycles. The van der Waals surface area contributed by atoms with Crippen LogP contribution >= 0.6 is 11.6 Å². The number of nitrogens with zero attached hydrogens (tertiary/aromatic N) is 3. The molecule has 0 radical (unpaired) electrons. The maximum Gasteiger partial charge on any atom is 0.419 e. The summed E-state index contributed by atoms with van der Waals surface area (Å²) in [4.78, 5) is 19.7. The average Bonchev–Trinajstić information content (AvgIpc) is 2.52. The maximum absolute atomic E-state index is 11.4. The van der Waals surface area contributed by atoms with Gasteiger partial charge in [-0.3, -0.25) is 4.57 Å². The van der Waals surface area contributed by atoms with E-state index in [4.69, 9.17) is 16.0 Å². The first kappa shape index (κ1) is 10.3. The number of hydrogen-bond donors (Lipinski definition) is 0. The first-order chi connectivity index (χ1) is 8.06. The van der Waals surface area contributed by atoms with Crippen LogP contribution in [-0.4, -0.2) is 14.5 Å². The summed E-state index contributed by atoms with van der Waals surface area (Å²) in [6.07, 6.45) is 0. The van der Waals surface area contributed by atoms with Crippen LogP contribution < -0.4 is 5.76 Å². The van der Waals surface area contributed by atoms with Gasteiger partial charge < -0.3 is 4.42 Å². The lowest BCUT2D eigenvalue weighted by Crippen LogP contribution is -2.08. The van der Waals surface area contributed by atoms with Crippen molar-refractivity contribution in [1.29, 1.82) is 0 Å². The summed E-state index contributed by atoms with van der Waals surface area (Å²) >= 11 is 6.05. The molecule has 0 atom stereocenters. The van der Waals surface area contributed by atoms with Crippen LogP contribution in [0, 0.1) is 6.92 Å². The zero-order valence-electron chi connectivity index (χ0n) is 9.19. The third-order valence-corrected chi connectivity index (χ3v) is 2.96.